The van der Waals surface area contributed by atoms with Crippen molar-refractivity contribution in [3.05, 3.63) is 34.6 Å². The van der Waals surface area contributed by atoms with Crippen molar-refractivity contribution in [1.29, 1.82) is 0 Å². The molecule has 2 rings (SSSR count). The molecule has 1 heterocycles. The van der Waals surface area contributed by atoms with Gasteiger partial charge in [0.25, 0.3) is 5.91 Å². The normalized spacial score (nSPS) is 22.2. The number of rotatable bonds is 2. The predicted octanol–water partition coefficient (Wildman–Crippen LogP) is 2.77. The van der Waals surface area contributed by atoms with E-state index >= 15 is 0 Å². The van der Waals surface area contributed by atoms with Crippen LogP contribution < -0.4 is 0 Å². The number of amides is 1. The monoisotopic (exact) mass is 293 g/mol. The quantitative estimate of drug-likeness (QED) is 0.912. The highest BCUT2D eigenvalue weighted by Crippen LogP contribution is 2.25. The van der Waals surface area contributed by atoms with E-state index in [0.717, 1.165) is 6.42 Å². The molecule has 1 aromatic carbocycles. The number of piperidine rings is 1. The van der Waals surface area contributed by atoms with Gasteiger partial charge in [-0.15, -0.1) is 0 Å². The number of benzene rings is 1. The van der Waals surface area contributed by atoms with E-state index in [-0.39, 0.29) is 17.6 Å². The summed E-state index contributed by atoms with van der Waals surface area (Å²) in [5.41, 5.74) is 1.15. The molecule has 0 saturated carbocycles. The average molecular weight is 293 g/mol. The van der Waals surface area contributed by atoms with Gasteiger partial charge in [-0.05, 0) is 55.9 Å². The summed E-state index contributed by atoms with van der Waals surface area (Å²) in [5, 5.41) is 9.32. The maximum Gasteiger partial charge on any atom is 0.326 e. The van der Waals surface area contributed by atoms with Gasteiger partial charge in [0.2, 0.25) is 0 Å². The van der Waals surface area contributed by atoms with Gasteiger partial charge in [-0.3, -0.25) is 4.79 Å². The summed E-state index contributed by atoms with van der Waals surface area (Å²) < 4.78 is 13.7. The Bertz CT molecular complexity index is 562. The summed E-state index contributed by atoms with van der Waals surface area (Å²) in [5.74, 6) is -1.36. The van der Waals surface area contributed by atoms with E-state index in [4.69, 9.17) is 0 Å². The average Bonchev–Trinajstić information content (AvgIpc) is 2.43. The van der Waals surface area contributed by atoms with E-state index in [2.05, 4.69) is 0 Å². The van der Waals surface area contributed by atoms with Crippen LogP contribution in [0.3, 0.4) is 0 Å². The molecular weight excluding hydrogens is 273 g/mol. The van der Waals surface area contributed by atoms with Crippen LogP contribution in [0.2, 0.25) is 0 Å². The summed E-state index contributed by atoms with van der Waals surface area (Å²) in [6.45, 7) is 5.62. The first-order valence-corrected chi connectivity index (χ1v) is 7.11. The van der Waals surface area contributed by atoms with E-state index < -0.39 is 12.0 Å². The number of nitrogens with zero attached hydrogens (tertiary/aromatic N) is 1. The van der Waals surface area contributed by atoms with Crippen molar-refractivity contribution in [2.24, 2.45) is 5.92 Å². The number of hydrogen-bond donors (Lipinski definition) is 1. The van der Waals surface area contributed by atoms with E-state index in [9.17, 15) is 19.1 Å². The molecule has 1 aliphatic rings. The van der Waals surface area contributed by atoms with E-state index in [1.165, 1.54) is 17.0 Å². The lowest BCUT2D eigenvalue weighted by atomic mass is 9.91. The third-order valence-corrected chi connectivity index (χ3v) is 4.09. The van der Waals surface area contributed by atoms with Crippen LogP contribution in [0.1, 0.15) is 41.3 Å². The number of aryl methyl sites for hydroxylation is 2. The van der Waals surface area contributed by atoms with Crippen LogP contribution in [0.4, 0.5) is 4.39 Å². The number of aliphatic carboxylic acids is 1. The third-order valence-electron chi connectivity index (χ3n) is 4.09. The van der Waals surface area contributed by atoms with Crippen LogP contribution in [0.25, 0.3) is 0 Å². The fraction of sp³-hybridized carbons (Fsp3) is 0.500. The first-order chi connectivity index (χ1) is 9.81. The summed E-state index contributed by atoms with van der Waals surface area (Å²) in [6.07, 6.45) is 1.24. The Labute approximate surface area is 123 Å². The summed E-state index contributed by atoms with van der Waals surface area (Å²) in [7, 11) is 0. The third kappa shape index (κ3) is 3.06. The Kier molecular flexibility index (Phi) is 4.30. The molecule has 0 radical (unpaired) electrons. The molecule has 0 aromatic heterocycles. The number of carbonyl (C=O) groups excluding carboxylic acids is 1. The smallest absolute Gasteiger partial charge is 0.326 e. The number of carboxylic acid groups (broad SMARTS) is 1. The summed E-state index contributed by atoms with van der Waals surface area (Å²) >= 11 is 0. The molecule has 0 bridgehead atoms. The number of carboxylic acids is 1. The molecule has 5 heteroatoms. The first-order valence-electron chi connectivity index (χ1n) is 7.11. The zero-order chi connectivity index (χ0) is 15.7. The highest BCUT2D eigenvalue weighted by atomic mass is 19.1. The molecule has 4 nitrogen and oxygen atoms in total. The minimum atomic E-state index is -0.981. The number of halogens is 1. The lowest BCUT2D eigenvalue weighted by Gasteiger charge is -2.36. The van der Waals surface area contributed by atoms with Crippen molar-refractivity contribution in [1.82, 2.24) is 4.90 Å². The van der Waals surface area contributed by atoms with E-state index in [1.54, 1.807) is 13.8 Å². The topological polar surface area (TPSA) is 57.6 Å². The van der Waals surface area contributed by atoms with Gasteiger partial charge in [0, 0.05) is 12.1 Å². The Morgan fingerprint density at radius 2 is 1.86 bits per heavy atom. The molecule has 0 spiro atoms. The first kappa shape index (κ1) is 15.5. The predicted molar refractivity (Wildman–Crippen MR) is 76.7 cm³/mol. The Hall–Kier alpha value is -1.91. The molecule has 1 N–H and O–H groups in total. The number of likely N-dealkylation sites (tertiary alicyclic amines) is 1. The van der Waals surface area contributed by atoms with E-state index in [1.807, 2.05) is 6.92 Å². The fourth-order valence-corrected chi connectivity index (χ4v) is 2.85. The Morgan fingerprint density at radius 1 is 1.29 bits per heavy atom. The van der Waals surface area contributed by atoms with Crippen LogP contribution in [0.15, 0.2) is 12.1 Å². The highest BCUT2D eigenvalue weighted by molar-refractivity contribution is 5.97. The highest BCUT2D eigenvalue weighted by Gasteiger charge is 2.35. The fourth-order valence-electron chi connectivity index (χ4n) is 2.85. The second kappa shape index (κ2) is 5.84. The van der Waals surface area contributed by atoms with Gasteiger partial charge in [-0.25, -0.2) is 9.18 Å². The molecule has 1 aromatic rings. The molecule has 1 amide bonds. The van der Waals surface area contributed by atoms with Gasteiger partial charge in [-0.1, -0.05) is 6.92 Å². The van der Waals surface area contributed by atoms with Gasteiger partial charge in [0.15, 0.2) is 0 Å². The standard InChI is InChI=1S/C16H20FNO3/c1-9-4-5-18(13(6-9)16(20)21)15(19)12-7-10(2)14(17)11(3)8-12/h7-9,13H,4-6H2,1-3H3,(H,20,21). The molecule has 1 saturated heterocycles. The van der Waals surface area contributed by atoms with E-state index in [0.29, 0.717) is 29.7 Å². The molecule has 0 aliphatic carbocycles. The number of carbonyl (C=O) groups is 2. The second-order valence-electron chi connectivity index (χ2n) is 5.91. The van der Waals surface area contributed by atoms with Crippen LogP contribution in [-0.4, -0.2) is 34.5 Å². The van der Waals surface area contributed by atoms with Crippen molar-refractivity contribution >= 4 is 11.9 Å². The largest absolute Gasteiger partial charge is 0.480 e. The van der Waals surface area contributed by atoms with Gasteiger partial charge in [0.1, 0.15) is 11.9 Å². The van der Waals surface area contributed by atoms with Gasteiger partial charge in [0.05, 0.1) is 0 Å². The lowest BCUT2D eigenvalue weighted by molar-refractivity contribution is -0.144. The second-order valence-corrected chi connectivity index (χ2v) is 5.91. The van der Waals surface area contributed by atoms with Crippen LogP contribution in [0.5, 0.6) is 0 Å². The van der Waals surface area contributed by atoms with Crippen molar-refractivity contribution in [2.45, 2.75) is 39.7 Å². The van der Waals surface area contributed by atoms with Gasteiger partial charge >= 0.3 is 5.97 Å². The zero-order valence-corrected chi connectivity index (χ0v) is 12.5. The summed E-state index contributed by atoms with van der Waals surface area (Å²) in [4.78, 5) is 25.4. The van der Waals surface area contributed by atoms with Crippen molar-refractivity contribution in [3.63, 3.8) is 0 Å². The Balaban J connectivity index is 2.32. The van der Waals surface area contributed by atoms with Crippen molar-refractivity contribution in [2.75, 3.05) is 6.54 Å². The molecule has 21 heavy (non-hydrogen) atoms. The van der Waals surface area contributed by atoms with Crippen LogP contribution in [0, 0.1) is 25.6 Å². The molecule has 1 fully saturated rings. The maximum atomic E-state index is 13.7. The molecular formula is C16H20FNO3. The summed E-state index contributed by atoms with van der Waals surface area (Å²) in [6, 6.07) is 2.18. The molecule has 2 unspecified atom stereocenters. The van der Waals surface area contributed by atoms with Crippen LogP contribution in [-0.2, 0) is 4.79 Å². The van der Waals surface area contributed by atoms with Crippen molar-refractivity contribution in [3.8, 4) is 0 Å². The SMILES string of the molecule is Cc1cc(C(=O)N2CCC(C)CC2C(=O)O)cc(C)c1F. The molecule has 114 valence electrons. The lowest BCUT2D eigenvalue weighted by Crippen LogP contribution is -2.49. The zero-order valence-electron chi connectivity index (χ0n) is 12.5. The Morgan fingerprint density at radius 3 is 2.38 bits per heavy atom. The van der Waals surface area contributed by atoms with Gasteiger partial charge < -0.3 is 10.0 Å². The van der Waals surface area contributed by atoms with Crippen molar-refractivity contribution < 1.29 is 19.1 Å². The molecule has 2 atom stereocenters. The minimum absolute atomic E-state index is 0.284. The molecule has 1 aliphatic heterocycles. The minimum Gasteiger partial charge on any atom is -0.480 e. The van der Waals surface area contributed by atoms with Crippen LogP contribution >= 0.6 is 0 Å². The number of hydrogen-bond acceptors (Lipinski definition) is 2. The van der Waals surface area contributed by atoms with Gasteiger partial charge in [-0.2, -0.15) is 0 Å². The maximum absolute atomic E-state index is 13.7.